The Labute approximate surface area is 244 Å². The Kier molecular flexibility index (Phi) is 7.04. The van der Waals surface area contributed by atoms with Gasteiger partial charge < -0.3 is 19.7 Å². The molecule has 2 aromatic rings. The molecule has 1 aromatic carbocycles. The lowest BCUT2D eigenvalue weighted by molar-refractivity contribution is -0.750. The highest BCUT2D eigenvalue weighted by Gasteiger charge is 2.50. The predicted octanol–water partition coefficient (Wildman–Crippen LogP) is 3.22. The van der Waals surface area contributed by atoms with Gasteiger partial charge in [0.1, 0.15) is 23.8 Å². The number of benzene rings is 1. The minimum Gasteiger partial charge on any atom is -0.379 e. The van der Waals surface area contributed by atoms with E-state index in [2.05, 4.69) is 15.3 Å². The monoisotopic (exact) mass is 596 g/mol. The molecule has 2 saturated heterocycles. The number of pyridine rings is 1. The summed E-state index contributed by atoms with van der Waals surface area (Å²) in [6, 6.07) is 7.81. The largest absolute Gasteiger partial charge is 0.416 e. The molecule has 3 N–H and O–H groups in total. The molecular formula is C29H29F3N7O4+. The fourth-order valence-corrected chi connectivity index (χ4v) is 5.36. The number of anilines is 1. The summed E-state index contributed by atoms with van der Waals surface area (Å²) >= 11 is 0. The van der Waals surface area contributed by atoms with E-state index >= 15 is 0 Å². The average molecular weight is 597 g/mol. The summed E-state index contributed by atoms with van der Waals surface area (Å²) in [4.78, 5) is 40.9. The van der Waals surface area contributed by atoms with Crippen molar-refractivity contribution in [2.75, 3.05) is 31.7 Å². The van der Waals surface area contributed by atoms with Crippen molar-refractivity contribution >= 4 is 29.7 Å². The Morgan fingerprint density at radius 1 is 1.19 bits per heavy atom. The topological polar surface area (TPSA) is 132 Å². The van der Waals surface area contributed by atoms with E-state index < -0.39 is 29.2 Å². The molecule has 2 amide bonds. The minimum absolute atomic E-state index is 0.00672. The highest BCUT2D eigenvalue weighted by atomic mass is 19.4. The second-order valence-corrected chi connectivity index (χ2v) is 11.2. The standard InChI is InChI=1S/C29H28F3N7O4/c1-17-14-43-22(13-38(17)27(41)28(2)15-42-16-28)24-21-12-34-9-10-39(21,33)25(37-24)18-3-5-19(6-4-18)26(40)36-23-11-20(7-8-35-23)29(30,31)32/h3-12,17,22H,13-16,33H2,1-2H3/p+1/t17-,22+,39?/m0/s1. The Morgan fingerprint density at radius 2 is 1.93 bits per heavy atom. The Bertz CT molecular complexity index is 1600. The molecule has 0 bridgehead atoms. The number of rotatable bonds is 5. The Morgan fingerprint density at radius 3 is 2.60 bits per heavy atom. The van der Waals surface area contributed by atoms with Crippen molar-refractivity contribution in [2.45, 2.75) is 32.2 Å². The number of ether oxygens (including phenoxy) is 2. The third-order valence-electron chi connectivity index (χ3n) is 7.91. The molecular weight excluding hydrogens is 567 g/mol. The summed E-state index contributed by atoms with van der Waals surface area (Å²) in [6.45, 7) is 5.18. The summed E-state index contributed by atoms with van der Waals surface area (Å²) in [6.07, 6.45) is 0.705. The summed E-state index contributed by atoms with van der Waals surface area (Å²) in [7, 11) is 0. The Balaban J connectivity index is 1.24. The van der Waals surface area contributed by atoms with Gasteiger partial charge in [-0.25, -0.2) is 4.98 Å². The second kappa shape index (κ2) is 10.5. The van der Waals surface area contributed by atoms with Crippen LogP contribution in [0.5, 0.6) is 0 Å². The van der Waals surface area contributed by atoms with E-state index in [1.807, 2.05) is 18.7 Å². The number of amides is 2. The summed E-state index contributed by atoms with van der Waals surface area (Å²) in [5.74, 6) is 6.44. The quantitative estimate of drug-likeness (QED) is 0.403. The van der Waals surface area contributed by atoms with Crippen LogP contribution in [0.15, 0.2) is 76.4 Å². The molecule has 1 aromatic heterocycles. The molecule has 0 spiro atoms. The SMILES string of the molecule is C[C@H]1CO[C@@H](C2=C3C=NC=C[N+]3(N)C(c3ccc(C(=O)Nc4cc(C(F)(F)F)ccn4)cc3)=N2)CN1C(=O)C1(C)COC1. The van der Waals surface area contributed by atoms with Crippen molar-refractivity contribution in [2.24, 2.45) is 21.2 Å². The van der Waals surface area contributed by atoms with E-state index in [9.17, 15) is 22.8 Å². The van der Waals surface area contributed by atoms with Crippen molar-refractivity contribution in [3.63, 3.8) is 0 Å². The molecule has 224 valence electrons. The lowest BCUT2D eigenvalue weighted by atomic mass is 9.86. The van der Waals surface area contributed by atoms with E-state index in [1.165, 1.54) is 12.1 Å². The van der Waals surface area contributed by atoms with Gasteiger partial charge in [-0.15, -0.1) is 4.59 Å². The lowest BCUT2D eigenvalue weighted by Crippen LogP contribution is -2.60. The number of allylic oxidation sites excluding steroid dienone is 1. The normalized spacial score (nSPS) is 26.1. The van der Waals surface area contributed by atoms with Crippen LogP contribution >= 0.6 is 0 Å². The van der Waals surface area contributed by atoms with Crippen LogP contribution in [-0.2, 0) is 20.4 Å². The molecule has 14 heteroatoms. The maximum absolute atomic E-state index is 13.4. The van der Waals surface area contributed by atoms with Crippen LogP contribution in [0.1, 0.15) is 35.3 Å². The number of aliphatic imine (C=N–C) groups is 2. The molecule has 0 saturated carbocycles. The number of quaternary nitrogens is 1. The molecule has 3 atom stereocenters. The van der Waals surface area contributed by atoms with Gasteiger partial charge in [0, 0.05) is 11.8 Å². The molecule has 0 radical (unpaired) electrons. The number of hydrogen-bond acceptors (Lipinski definition) is 8. The van der Waals surface area contributed by atoms with Crippen LogP contribution in [-0.4, -0.2) is 76.9 Å². The lowest BCUT2D eigenvalue weighted by Gasteiger charge is -2.45. The molecule has 1 unspecified atom stereocenters. The zero-order valence-corrected chi connectivity index (χ0v) is 23.3. The third kappa shape index (κ3) is 5.16. The smallest absolute Gasteiger partial charge is 0.379 e. The summed E-state index contributed by atoms with van der Waals surface area (Å²) in [5, 5.41) is 2.40. The number of alkyl halides is 3. The molecule has 4 aliphatic rings. The highest BCUT2D eigenvalue weighted by molar-refractivity contribution is 6.05. The zero-order valence-electron chi connectivity index (χ0n) is 23.3. The molecule has 6 rings (SSSR count). The highest BCUT2D eigenvalue weighted by Crippen LogP contribution is 2.37. The van der Waals surface area contributed by atoms with Gasteiger partial charge in [0.15, 0.2) is 0 Å². The van der Waals surface area contributed by atoms with E-state index in [0.29, 0.717) is 42.6 Å². The maximum Gasteiger partial charge on any atom is 0.416 e. The number of morpholine rings is 1. The number of carbonyl (C=O) groups excluding carboxylic acids is 2. The van der Waals surface area contributed by atoms with Crippen molar-refractivity contribution < 1.29 is 36.8 Å². The number of hydrogen-bond donors (Lipinski definition) is 2. The fourth-order valence-electron chi connectivity index (χ4n) is 5.36. The van der Waals surface area contributed by atoms with Crippen LogP contribution in [0.3, 0.4) is 0 Å². The van der Waals surface area contributed by atoms with Gasteiger partial charge in [0.05, 0.1) is 61.4 Å². The van der Waals surface area contributed by atoms with Gasteiger partial charge in [-0.2, -0.15) is 24.0 Å². The minimum atomic E-state index is -4.56. The second-order valence-electron chi connectivity index (χ2n) is 11.2. The molecule has 11 nitrogen and oxygen atoms in total. The third-order valence-corrected chi connectivity index (χ3v) is 7.91. The number of nitrogens with zero attached hydrogens (tertiary/aromatic N) is 5. The number of halogens is 3. The van der Waals surface area contributed by atoms with Gasteiger partial charge in [-0.05, 0) is 50.2 Å². The Hall–Kier alpha value is -4.24. The summed E-state index contributed by atoms with van der Waals surface area (Å²) < 4.78 is 50.3. The molecule has 0 aliphatic carbocycles. The van der Waals surface area contributed by atoms with E-state index in [-0.39, 0.29) is 34.5 Å². The maximum atomic E-state index is 13.4. The van der Waals surface area contributed by atoms with Gasteiger partial charge >= 0.3 is 6.18 Å². The molecule has 4 aliphatic heterocycles. The number of carbonyl (C=O) groups is 2. The van der Waals surface area contributed by atoms with Gasteiger partial charge in [-0.3, -0.25) is 14.6 Å². The average Bonchev–Trinajstić information content (AvgIpc) is 3.28. The van der Waals surface area contributed by atoms with Crippen LogP contribution in [0.25, 0.3) is 0 Å². The van der Waals surface area contributed by atoms with Crippen molar-refractivity contribution in [1.82, 2.24) is 9.88 Å². The van der Waals surface area contributed by atoms with Gasteiger partial charge in [-0.1, -0.05) is 0 Å². The van der Waals surface area contributed by atoms with E-state index in [0.717, 1.165) is 18.3 Å². The predicted molar refractivity (Wildman–Crippen MR) is 149 cm³/mol. The summed E-state index contributed by atoms with van der Waals surface area (Å²) in [5.41, 5.74) is 0.437. The van der Waals surface area contributed by atoms with Crippen LogP contribution in [0, 0.1) is 5.41 Å². The van der Waals surface area contributed by atoms with Crippen LogP contribution in [0.2, 0.25) is 0 Å². The number of nitrogens with one attached hydrogen (secondary N) is 1. The first-order valence-corrected chi connectivity index (χ1v) is 13.6. The zero-order chi connectivity index (χ0) is 30.6. The first-order valence-electron chi connectivity index (χ1n) is 13.6. The van der Waals surface area contributed by atoms with E-state index in [4.69, 9.17) is 20.3 Å². The number of fused-ring (bicyclic) bond motifs is 1. The van der Waals surface area contributed by atoms with E-state index in [1.54, 1.807) is 30.7 Å². The van der Waals surface area contributed by atoms with Crippen molar-refractivity contribution in [1.29, 1.82) is 0 Å². The fraction of sp³-hybridized carbons (Fsp3) is 0.345. The molecule has 43 heavy (non-hydrogen) atoms. The first kappa shape index (κ1) is 28.9. The number of amidine groups is 1. The van der Waals surface area contributed by atoms with Crippen LogP contribution in [0.4, 0.5) is 19.0 Å². The van der Waals surface area contributed by atoms with Crippen molar-refractivity contribution in [3.8, 4) is 0 Å². The first-order chi connectivity index (χ1) is 20.4. The molecule has 2 fully saturated rings. The van der Waals surface area contributed by atoms with Crippen LogP contribution < -0.4 is 11.2 Å². The molecule has 5 heterocycles. The van der Waals surface area contributed by atoms with Crippen molar-refractivity contribution in [3.05, 3.63) is 83.1 Å². The number of aromatic nitrogens is 1. The van der Waals surface area contributed by atoms with Gasteiger partial charge in [0.25, 0.3) is 11.7 Å². The number of nitrogens with two attached hydrogens (primary N) is 1. The van der Waals surface area contributed by atoms with Gasteiger partial charge in [0.2, 0.25) is 11.6 Å².